The second-order valence-corrected chi connectivity index (χ2v) is 7.83. The van der Waals surface area contributed by atoms with E-state index in [0.29, 0.717) is 5.69 Å². The van der Waals surface area contributed by atoms with E-state index >= 15 is 0 Å². The number of hydrogen-bond donors (Lipinski definition) is 1. The molecule has 0 bridgehead atoms. The standard InChI is InChI=1S/C21H20ClF3N4O/c1-13(15-5-4-6-16(11-15)28-9-2-3-10-28)26-17(30)12-29-19(14-7-8-14)18(22)20(27-29)21(23,24)25/h2-6,9-11,13-14H,7-8,12H2,1H3,(H,26,30). The summed E-state index contributed by atoms with van der Waals surface area (Å²) in [5, 5.41) is 6.05. The molecule has 0 saturated heterocycles. The van der Waals surface area contributed by atoms with E-state index in [4.69, 9.17) is 11.6 Å². The van der Waals surface area contributed by atoms with Gasteiger partial charge in [-0.05, 0) is 49.6 Å². The summed E-state index contributed by atoms with van der Waals surface area (Å²) in [6.45, 7) is 1.51. The van der Waals surface area contributed by atoms with Crippen molar-refractivity contribution < 1.29 is 18.0 Å². The molecule has 1 amide bonds. The Labute approximate surface area is 176 Å². The van der Waals surface area contributed by atoms with Crippen molar-refractivity contribution in [2.75, 3.05) is 0 Å². The molecule has 1 fully saturated rings. The lowest BCUT2D eigenvalue weighted by Crippen LogP contribution is -2.31. The van der Waals surface area contributed by atoms with Gasteiger partial charge in [-0.25, -0.2) is 0 Å². The Morgan fingerprint density at radius 1 is 1.27 bits per heavy atom. The summed E-state index contributed by atoms with van der Waals surface area (Å²) < 4.78 is 42.6. The zero-order valence-corrected chi connectivity index (χ0v) is 16.9. The first-order valence-electron chi connectivity index (χ1n) is 9.60. The van der Waals surface area contributed by atoms with Crippen LogP contribution < -0.4 is 5.32 Å². The SMILES string of the molecule is CC(NC(=O)Cn1nc(C(F)(F)F)c(Cl)c1C1CC1)c1cccc(-n2cccc2)c1. The highest BCUT2D eigenvalue weighted by atomic mass is 35.5. The number of nitrogens with zero attached hydrogens (tertiary/aromatic N) is 3. The average molecular weight is 437 g/mol. The number of nitrogens with one attached hydrogen (secondary N) is 1. The second-order valence-electron chi connectivity index (χ2n) is 7.45. The normalized spacial score (nSPS) is 15.2. The van der Waals surface area contributed by atoms with Gasteiger partial charge in [0.15, 0.2) is 5.69 Å². The molecule has 0 spiro atoms. The fraction of sp³-hybridized carbons (Fsp3) is 0.333. The van der Waals surface area contributed by atoms with Gasteiger partial charge in [0.1, 0.15) is 6.54 Å². The molecule has 1 aliphatic rings. The molecule has 30 heavy (non-hydrogen) atoms. The molecule has 1 unspecified atom stereocenters. The third-order valence-electron chi connectivity index (χ3n) is 5.11. The first-order valence-corrected chi connectivity index (χ1v) is 9.98. The van der Waals surface area contributed by atoms with E-state index in [0.717, 1.165) is 28.8 Å². The minimum Gasteiger partial charge on any atom is -0.348 e. The van der Waals surface area contributed by atoms with Crippen molar-refractivity contribution in [3.63, 3.8) is 0 Å². The lowest BCUT2D eigenvalue weighted by Gasteiger charge is -2.16. The van der Waals surface area contributed by atoms with E-state index < -0.39 is 22.8 Å². The summed E-state index contributed by atoms with van der Waals surface area (Å²) >= 11 is 5.96. The molecule has 1 atom stereocenters. The Morgan fingerprint density at radius 3 is 2.60 bits per heavy atom. The molecule has 2 heterocycles. The Kier molecular flexibility index (Phi) is 5.36. The van der Waals surface area contributed by atoms with E-state index in [1.165, 1.54) is 0 Å². The number of hydrogen-bond acceptors (Lipinski definition) is 2. The van der Waals surface area contributed by atoms with Gasteiger partial charge in [0.25, 0.3) is 0 Å². The molecule has 0 aliphatic heterocycles. The number of aromatic nitrogens is 3. The molecule has 2 aromatic heterocycles. The van der Waals surface area contributed by atoms with Crippen LogP contribution in [0.1, 0.15) is 48.7 Å². The van der Waals surface area contributed by atoms with Crippen LogP contribution in [0.4, 0.5) is 13.2 Å². The van der Waals surface area contributed by atoms with Gasteiger partial charge in [-0.3, -0.25) is 9.48 Å². The Morgan fingerprint density at radius 2 is 1.97 bits per heavy atom. The maximum Gasteiger partial charge on any atom is 0.436 e. The van der Waals surface area contributed by atoms with Crippen molar-refractivity contribution in [3.05, 3.63) is 70.8 Å². The monoisotopic (exact) mass is 436 g/mol. The Hall–Kier alpha value is -2.74. The Bertz CT molecular complexity index is 1050. The lowest BCUT2D eigenvalue weighted by molar-refractivity contribution is -0.141. The van der Waals surface area contributed by atoms with Crippen molar-refractivity contribution >= 4 is 17.5 Å². The number of carbonyl (C=O) groups is 1. The van der Waals surface area contributed by atoms with Gasteiger partial charge in [0.05, 0.1) is 16.8 Å². The number of benzene rings is 1. The second kappa shape index (κ2) is 7.83. The van der Waals surface area contributed by atoms with Crippen LogP contribution in [-0.4, -0.2) is 20.3 Å². The van der Waals surface area contributed by atoms with Gasteiger partial charge in [-0.1, -0.05) is 23.7 Å². The molecular formula is C21H20ClF3N4O. The van der Waals surface area contributed by atoms with E-state index in [1.807, 2.05) is 60.3 Å². The third kappa shape index (κ3) is 4.23. The number of carbonyl (C=O) groups excluding carboxylic acids is 1. The topological polar surface area (TPSA) is 51.9 Å². The molecule has 158 valence electrons. The molecular weight excluding hydrogens is 417 g/mol. The molecule has 1 aliphatic carbocycles. The van der Waals surface area contributed by atoms with Crippen LogP contribution in [0.25, 0.3) is 5.69 Å². The van der Waals surface area contributed by atoms with Crippen LogP contribution in [0, 0.1) is 0 Å². The fourth-order valence-electron chi connectivity index (χ4n) is 3.47. The van der Waals surface area contributed by atoms with E-state index in [9.17, 15) is 18.0 Å². The highest BCUT2D eigenvalue weighted by molar-refractivity contribution is 6.32. The van der Waals surface area contributed by atoms with E-state index in [2.05, 4.69) is 10.4 Å². The predicted molar refractivity (Wildman–Crippen MR) is 107 cm³/mol. The molecule has 4 rings (SSSR count). The van der Waals surface area contributed by atoms with E-state index in [1.54, 1.807) is 0 Å². The highest BCUT2D eigenvalue weighted by Crippen LogP contribution is 2.46. The van der Waals surface area contributed by atoms with Crippen LogP contribution in [0.15, 0.2) is 48.8 Å². The van der Waals surface area contributed by atoms with Crippen LogP contribution in [0.5, 0.6) is 0 Å². The van der Waals surface area contributed by atoms with Crippen molar-refractivity contribution in [1.29, 1.82) is 0 Å². The highest BCUT2D eigenvalue weighted by Gasteiger charge is 2.42. The Balaban J connectivity index is 1.50. The number of rotatable bonds is 6. The first-order chi connectivity index (χ1) is 14.2. The van der Waals surface area contributed by atoms with Crippen molar-refractivity contribution in [2.45, 2.75) is 44.4 Å². The molecule has 1 aromatic carbocycles. The van der Waals surface area contributed by atoms with Crippen molar-refractivity contribution in [1.82, 2.24) is 19.7 Å². The average Bonchev–Trinajstić information content (AvgIpc) is 3.24. The van der Waals surface area contributed by atoms with Gasteiger partial charge >= 0.3 is 6.18 Å². The molecule has 1 saturated carbocycles. The van der Waals surface area contributed by atoms with Crippen LogP contribution in [0.2, 0.25) is 5.02 Å². The van der Waals surface area contributed by atoms with Gasteiger partial charge in [-0.15, -0.1) is 0 Å². The van der Waals surface area contributed by atoms with Gasteiger partial charge in [0, 0.05) is 24.0 Å². The van der Waals surface area contributed by atoms with Gasteiger partial charge in [-0.2, -0.15) is 18.3 Å². The zero-order valence-electron chi connectivity index (χ0n) is 16.2. The number of halogens is 4. The lowest BCUT2D eigenvalue weighted by atomic mass is 10.1. The van der Waals surface area contributed by atoms with Crippen LogP contribution >= 0.6 is 11.6 Å². The van der Waals surface area contributed by atoms with Crippen molar-refractivity contribution in [3.8, 4) is 5.69 Å². The largest absolute Gasteiger partial charge is 0.436 e. The minimum absolute atomic E-state index is 0.0791. The summed E-state index contributed by atoms with van der Waals surface area (Å²) in [6.07, 6.45) is 0.664. The summed E-state index contributed by atoms with van der Waals surface area (Å²) in [5.41, 5.74) is 0.988. The predicted octanol–water partition coefficient (Wildman–Crippen LogP) is 5.10. The first kappa shape index (κ1) is 20.5. The van der Waals surface area contributed by atoms with Crippen molar-refractivity contribution in [2.24, 2.45) is 0 Å². The maximum absolute atomic E-state index is 13.2. The molecule has 9 heteroatoms. The van der Waals surface area contributed by atoms with Gasteiger partial charge in [0.2, 0.25) is 5.91 Å². The van der Waals surface area contributed by atoms with E-state index in [-0.39, 0.29) is 18.5 Å². The molecule has 5 nitrogen and oxygen atoms in total. The zero-order chi connectivity index (χ0) is 21.5. The number of amides is 1. The minimum atomic E-state index is -4.66. The molecule has 3 aromatic rings. The quantitative estimate of drug-likeness (QED) is 0.584. The third-order valence-corrected chi connectivity index (χ3v) is 5.48. The summed E-state index contributed by atoms with van der Waals surface area (Å²) in [5.74, 6) is -0.506. The van der Waals surface area contributed by atoms with Crippen LogP contribution in [0.3, 0.4) is 0 Å². The smallest absolute Gasteiger partial charge is 0.348 e. The van der Waals surface area contributed by atoms with Crippen LogP contribution in [-0.2, 0) is 17.5 Å². The fourth-order valence-corrected chi connectivity index (χ4v) is 3.87. The summed E-state index contributed by atoms with van der Waals surface area (Å²) in [7, 11) is 0. The maximum atomic E-state index is 13.2. The summed E-state index contributed by atoms with van der Waals surface area (Å²) in [6, 6.07) is 11.2. The number of alkyl halides is 3. The molecule has 0 radical (unpaired) electrons. The molecule has 1 N–H and O–H groups in total. The van der Waals surface area contributed by atoms with Gasteiger partial charge < -0.3 is 9.88 Å². The summed E-state index contributed by atoms with van der Waals surface area (Å²) in [4.78, 5) is 12.6.